The molecule has 116 valence electrons. The van der Waals surface area contributed by atoms with Gasteiger partial charge in [-0.3, -0.25) is 5.41 Å². The summed E-state index contributed by atoms with van der Waals surface area (Å²) in [4.78, 5) is 6.30. The van der Waals surface area contributed by atoms with Gasteiger partial charge in [0, 0.05) is 17.0 Å². The Morgan fingerprint density at radius 3 is 2.41 bits per heavy atom. The fourth-order valence-electron chi connectivity index (χ4n) is 2.00. The van der Waals surface area contributed by atoms with E-state index in [1.54, 1.807) is 18.8 Å². The molecule has 22 heavy (non-hydrogen) atoms. The molecular formula is C17H19ClN2OS. The highest BCUT2D eigenvalue weighted by Crippen LogP contribution is 2.37. The molecule has 0 saturated heterocycles. The second-order valence-electron chi connectivity index (χ2n) is 4.97. The van der Waals surface area contributed by atoms with Crippen LogP contribution in [0.2, 0.25) is 5.02 Å². The van der Waals surface area contributed by atoms with Gasteiger partial charge < -0.3 is 4.84 Å². The van der Waals surface area contributed by atoms with Gasteiger partial charge in [0.05, 0.1) is 0 Å². The van der Waals surface area contributed by atoms with Crippen molar-refractivity contribution in [2.45, 2.75) is 24.0 Å². The summed E-state index contributed by atoms with van der Waals surface area (Å²) >= 11 is 7.54. The molecule has 0 fully saturated rings. The van der Waals surface area contributed by atoms with E-state index in [1.165, 1.54) is 11.1 Å². The summed E-state index contributed by atoms with van der Waals surface area (Å²) in [6, 6.07) is 13.8. The van der Waals surface area contributed by atoms with Gasteiger partial charge in [-0.1, -0.05) is 29.8 Å². The lowest BCUT2D eigenvalue weighted by Crippen LogP contribution is -2.19. The Morgan fingerprint density at radius 1 is 1.14 bits per heavy atom. The van der Waals surface area contributed by atoms with Crippen LogP contribution in [0, 0.1) is 19.3 Å². The van der Waals surface area contributed by atoms with E-state index in [4.69, 9.17) is 21.8 Å². The minimum Gasteiger partial charge on any atom is -0.392 e. The minimum absolute atomic E-state index is 0.160. The highest BCUT2D eigenvalue weighted by Gasteiger charge is 2.21. The van der Waals surface area contributed by atoms with Crippen LogP contribution in [0.3, 0.4) is 0 Å². The van der Waals surface area contributed by atoms with Gasteiger partial charge in [-0.15, -0.1) is 11.8 Å². The van der Waals surface area contributed by atoms with Crippen LogP contribution in [0.4, 0.5) is 0 Å². The Hall–Kier alpha value is -1.49. The highest BCUT2D eigenvalue weighted by molar-refractivity contribution is 8.00. The van der Waals surface area contributed by atoms with Gasteiger partial charge in [-0.2, -0.15) is 5.48 Å². The van der Waals surface area contributed by atoms with Gasteiger partial charge in [-0.25, -0.2) is 0 Å². The highest BCUT2D eigenvalue weighted by atomic mass is 35.5. The molecule has 2 N–H and O–H groups in total. The van der Waals surface area contributed by atoms with E-state index in [0.29, 0.717) is 5.02 Å². The van der Waals surface area contributed by atoms with Crippen LogP contribution in [0.15, 0.2) is 47.4 Å². The molecule has 2 aromatic rings. The molecule has 0 aliphatic carbocycles. The summed E-state index contributed by atoms with van der Waals surface area (Å²) in [6.07, 6.45) is 0. The molecule has 0 heterocycles. The first kappa shape index (κ1) is 16.9. The maximum Gasteiger partial charge on any atom is 0.224 e. The third-order valence-electron chi connectivity index (χ3n) is 3.36. The fourth-order valence-corrected chi connectivity index (χ4v) is 3.24. The van der Waals surface area contributed by atoms with Gasteiger partial charge >= 0.3 is 0 Å². The number of hydrogen-bond acceptors (Lipinski definition) is 4. The fraction of sp³-hybridized carbons (Fsp3) is 0.235. The van der Waals surface area contributed by atoms with E-state index in [2.05, 4.69) is 37.5 Å². The first-order valence-electron chi connectivity index (χ1n) is 6.92. The molecular weight excluding hydrogens is 316 g/mol. The van der Waals surface area contributed by atoms with E-state index in [9.17, 15) is 0 Å². The van der Waals surface area contributed by atoms with E-state index in [0.717, 1.165) is 10.5 Å². The van der Waals surface area contributed by atoms with Crippen LogP contribution in [0.1, 0.15) is 21.9 Å². The lowest BCUT2D eigenvalue weighted by Gasteiger charge is -2.18. The van der Waals surface area contributed by atoms with Crippen LogP contribution in [-0.4, -0.2) is 12.9 Å². The first-order chi connectivity index (χ1) is 10.5. The molecule has 0 bridgehead atoms. The standard InChI is InChI=1S/C17H19ClN2OS/c1-11-4-9-15(10-12(11)2)22-16(17(19)21-20-3)13-5-7-14(18)8-6-13/h4-10,16,19-20H,1-3H3. The van der Waals surface area contributed by atoms with Crippen molar-refractivity contribution in [3.8, 4) is 0 Å². The predicted molar refractivity (Wildman–Crippen MR) is 93.8 cm³/mol. The van der Waals surface area contributed by atoms with Crippen molar-refractivity contribution in [3.63, 3.8) is 0 Å². The summed E-state index contributed by atoms with van der Waals surface area (Å²) in [5.74, 6) is 0.160. The molecule has 3 nitrogen and oxygen atoms in total. The first-order valence-corrected chi connectivity index (χ1v) is 8.18. The minimum atomic E-state index is -0.230. The van der Waals surface area contributed by atoms with Crippen molar-refractivity contribution in [1.82, 2.24) is 5.48 Å². The molecule has 0 aliphatic rings. The molecule has 0 aromatic heterocycles. The Morgan fingerprint density at radius 2 is 1.82 bits per heavy atom. The number of aryl methyl sites for hydroxylation is 2. The normalized spacial score (nSPS) is 12.0. The predicted octanol–water partition coefficient (Wildman–Crippen LogP) is 4.92. The largest absolute Gasteiger partial charge is 0.392 e. The molecule has 5 heteroatoms. The summed E-state index contributed by atoms with van der Waals surface area (Å²) < 4.78 is 0. The van der Waals surface area contributed by atoms with E-state index in [-0.39, 0.29) is 11.1 Å². The second kappa shape index (κ2) is 7.68. The molecule has 0 saturated carbocycles. The van der Waals surface area contributed by atoms with Gasteiger partial charge in [0.25, 0.3) is 0 Å². The van der Waals surface area contributed by atoms with Gasteiger partial charge in [0.2, 0.25) is 5.90 Å². The summed E-state index contributed by atoms with van der Waals surface area (Å²) in [5.41, 5.74) is 6.05. The van der Waals surface area contributed by atoms with Crippen LogP contribution < -0.4 is 5.48 Å². The van der Waals surface area contributed by atoms with Crippen molar-refractivity contribution in [2.75, 3.05) is 7.05 Å². The molecule has 0 aliphatic heterocycles. The lowest BCUT2D eigenvalue weighted by atomic mass is 10.1. The smallest absolute Gasteiger partial charge is 0.224 e. The van der Waals surface area contributed by atoms with Crippen LogP contribution in [0.5, 0.6) is 0 Å². The molecule has 0 radical (unpaired) electrons. The average molecular weight is 335 g/mol. The number of hydrogen-bond donors (Lipinski definition) is 2. The third-order valence-corrected chi connectivity index (χ3v) is 4.86. The average Bonchev–Trinajstić information content (AvgIpc) is 2.49. The zero-order valence-electron chi connectivity index (χ0n) is 12.8. The number of benzene rings is 2. The molecule has 0 spiro atoms. The number of nitrogens with one attached hydrogen (secondary N) is 2. The van der Waals surface area contributed by atoms with E-state index < -0.39 is 0 Å². The van der Waals surface area contributed by atoms with Crippen molar-refractivity contribution in [3.05, 3.63) is 64.2 Å². The van der Waals surface area contributed by atoms with Crippen molar-refractivity contribution >= 4 is 29.3 Å². The maximum absolute atomic E-state index is 8.14. The Kier molecular flexibility index (Phi) is 5.89. The van der Waals surface area contributed by atoms with Crippen molar-refractivity contribution in [1.29, 1.82) is 5.41 Å². The quantitative estimate of drug-likeness (QED) is 0.353. The summed E-state index contributed by atoms with van der Waals surface area (Å²) in [5, 5.41) is 8.59. The number of thioether (sulfide) groups is 1. The van der Waals surface area contributed by atoms with Crippen molar-refractivity contribution < 1.29 is 4.84 Å². The second-order valence-corrected chi connectivity index (χ2v) is 6.58. The SMILES string of the molecule is CNOC(=N)C(Sc1ccc(C)c(C)c1)c1ccc(Cl)cc1. The topological polar surface area (TPSA) is 45.1 Å². The van der Waals surface area contributed by atoms with E-state index in [1.807, 2.05) is 24.3 Å². The lowest BCUT2D eigenvalue weighted by molar-refractivity contribution is 0.201. The molecule has 2 aromatic carbocycles. The van der Waals surface area contributed by atoms with Crippen LogP contribution >= 0.6 is 23.4 Å². The monoisotopic (exact) mass is 334 g/mol. The zero-order valence-corrected chi connectivity index (χ0v) is 14.4. The molecule has 1 unspecified atom stereocenters. The van der Waals surface area contributed by atoms with Gasteiger partial charge in [0.1, 0.15) is 5.25 Å². The summed E-state index contributed by atoms with van der Waals surface area (Å²) in [7, 11) is 1.65. The van der Waals surface area contributed by atoms with Crippen LogP contribution in [-0.2, 0) is 4.84 Å². The van der Waals surface area contributed by atoms with E-state index >= 15 is 0 Å². The zero-order chi connectivity index (χ0) is 16.1. The molecule has 2 rings (SSSR count). The molecule has 1 atom stereocenters. The van der Waals surface area contributed by atoms with Gasteiger partial charge in [-0.05, 0) is 54.8 Å². The van der Waals surface area contributed by atoms with Crippen molar-refractivity contribution in [2.24, 2.45) is 0 Å². The Bertz CT molecular complexity index is 658. The maximum atomic E-state index is 8.14. The van der Waals surface area contributed by atoms with Gasteiger partial charge in [0.15, 0.2) is 0 Å². The number of halogens is 1. The summed E-state index contributed by atoms with van der Waals surface area (Å²) in [6.45, 7) is 4.18. The number of rotatable bonds is 5. The Balaban J connectivity index is 2.29. The number of hydroxylamine groups is 1. The van der Waals surface area contributed by atoms with Crippen LogP contribution in [0.25, 0.3) is 0 Å². The molecule has 0 amide bonds. The third kappa shape index (κ3) is 4.26. The Labute approximate surface area is 140 Å².